The minimum absolute atomic E-state index is 0.583. The molecule has 1 heterocycles. The van der Waals surface area contributed by atoms with Crippen LogP contribution in [0.15, 0.2) is 29.6 Å². The number of nitrogens with one attached hydrogen (secondary N) is 1. The lowest BCUT2D eigenvalue weighted by molar-refractivity contribution is 0.542. The van der Waals surface area contributed by atoms with Crippen LogP contribution in [0.2, 0.25) is 0 Å². The maximum atomic E-state index is 3.49. The first-order chi connectivity index (χ1) is 8.18. The lowest BCUT2D eigenvalue weighted by Gasteiger charge is -2.14. The minimum Gasteiger partial charge on any atom is -0.315 e. The molecule has 0 saturated heterocycles. The molecule has 1 nitrogen and oxygen atoms in total. The second-order valence-corrected chi connectivity index (χ2v) is 5.90. The van der Waals surface area contributed by atoms with Crippen molar-refractivity contribution in [1.29, 1.82) is 0 Å². The van der Waals surface area contributed by atoms with Crippen LogP contribution in [0.4, 0.5) is 0 Å². The molecule has 0 spiro atoms. The molecule has 1 N–H and O–H groups in total. The van der Waals surface area contributed by atoms with Gasteiger partial charge in [0, 0.05) is 10.7 Å². The summed E-state index contributed by atoms with van der Waals surface area (Å²) in [4.78, 5) is 0. The van der Waals surface area contributed by atoms with Crippen LogP contribution in [0.1, 0.15) is 38.7 Å². The Morgan fingerprint density at radius 1 is 1.18 bits per heavy atom. The molecule has 1 aromatic heterocycles. The zero-order chi connectivity index (χ0) is 12.3. The highest BCUT2D eigenvalue weighted by Gasteiger charge is 2.10. The Morgan fingerprint density at radius 2 is 2.00 bits per heavy atom. The summed E-state index contributed by atoms with van der Waals surface area (Å²) in [5.41, 5.74) is 1.50. The molecular weight excluding hydrogens is 226 g/mol. The highest BCUT2D eigenvalue weighted by molar-refractivity contribution is 7.17. The van der Waals surface area contributed by atoms with Gasteiger partial charge in [-0.15, -0.1) is 11.3 Å². The van der Waals surface area contributed by atoms with Gasteiger partial charge in [-0.2, -0.15) is 0 Å². The van der Waals surface area contributed by atoms with Crippen LogP contribution in [0.25, 0.3) is 10.1 Å². The second kappa shape index (κ2) is 5.65. The number of fused-ring (bicyclic) bond motifs is 1. The first kappa shape index (κ1) is 12.6. The number of hydrogen-bond donors (Lipinski definition) is 1. The number of thiophene rings is 1. The van der Waals surface area contributed by atoms with Crippen LogP contribution in [0, 0.1) is 0 Å². The molecule has 0 radical (unpaired) electrons. The van der Waals surface area contributed by atoms with Gasteiger partial charge in [0.25, 0.3) is 0 Å². The zero-order valence-electron chi connectivity index (χ0n) is 10.9. The van der Waals surface area contributed by atoms with Crippen LogP contribution in [0.3, 0.4) is 0 Å². The largest absolute Gasteiger partial charge is 0.315 e. The predicted octanol–water partition coefficient (Wildman–Crippen LogP) is 4.39. The van der Waals surface area contributed by atoms with Crippen molar-refractivity contribution in [2.24, 2.45) is 0 Å². The average Bonchev–Trinajstić information content (AvgIpc) is 2.75. The smallest absolute Gasteiger partial charge is 0.0377 e. The van der Waals surface area contributed by atoms with E-state index in [4.69, 9.17) is 0 Å². The fourth-order valence-corrected chi connectivity index (χ4v) is 3.18. The third-order valence-corrected chi connectivity index (χ3v) is 4.15. The van der Waals surface area contributed by atoms with Gasteiger partial charge in [0.1, 0.15) is 0 Å². The topological polar surface area (TPSA) is 12.0 Å². The quantitative estimate of drug-likeness (QED) is 0.826. The number of hydrogen-bond acceptors (Lipinski definition) is 2. The average molecular weight is 247 g/mol. The highest BCUT2D eigenvalue weighted by Crippen LogP contribution is 2.31. The first-order valence-corrected chi connectivity index (χ1v) is 7.26. The van der Waals surface area contributed by atoms with Gasteiger partial charge in [-0.3, -0.25) is 0 Å². The van der Waals surface area contributed by atoms with Crippen LogP contribution < -0.4 is 5.32 Å². The lowest BCUT2D eigenvalue weighted by Crippen LogP contribution is -2.24. The summed E-state index contributed by atoms with van der Waals surface area (Å²) in [7, 11) is 0. The van der Waals surface area contributed by atoms with Crippen LogP contribution in [-0.4, -0.2) is 12.6 Å². The Labute approximate surface area is 108 Å². The van der Waals surface area contributed by atoms with E-state index in [-0.39, 0.29) is 0 Å². The molecule has 1 atom stereocenters. The van der Waals surface area contributed by atoms with Crippen molar-refractivity contribution in [3.05, 3.63) is 35.2 Å². The van der Waals surface area contributed by atoms with Gasteiger partial charge in [-0.1, -0.05) is 39.0 Å². The maximum Gasteiger partial charge on any atom is 0.0377 e. The molecule has 0 fully saturated rings. The predicted molar refractivity (Wildman–Crippen MR) is 78.0 cm³/mol. The molecule has 1 aromatic carbocycles. The fraction of sp³-hybridized carbons (Fsp3) is 0.467. The van der Waals surface area contributed by atoms with Gasteiger partial charge in [0.05, 0.1) is 0 Å². The van der Waals surface area contributed by atoms with Crippen LogP contribution in [0.5, 0.6) is 0 Å². The van der Waals surface area contributed by atoms with Crippen molar-refractivity contribution in [2.45, 2.75) is 39.2 Å². The normalized spacial score (nSPS) is 13.4. The lowest BCUT2D eigenvalue weighted by atomic mass is 9.96. The van der Waals surface area contributed by atoms with Crippen molar-refractivity contribution in [1.82, 2.24) is 5.32 Å². The minimum atomic E-state index is 0.583. The Balaban J connectivity index is 2.08. The Morgan fingerprint density at radius 3 is 2.76 bits per heavy atom. The molecule has 2 rings (SSSR count). The maximum absolute atomic E-state index is 3.49. The molecule has 0 aliphatic carbocycles. The molecule has 0 saturated carbocycles. The van der Waals surface area contributed by atoms with Crippen LogP contribution in [-0.2, 0) is 0 Å². The summed E-state index contributed by atoms with van der Waals surface area (Å²) in [5.74, 6) is 0.628. The summed E-state index contributed by atoms with van der Waals surface area (Å²) in [6.07, 6.45) is 1.20. The monoisotopic (exact) mass is 247 g/mol. The second-order valence-electron chi connectivity index (χ2n) is 4.98. The summed E-state index contributed by atoms with van der Waals surface area (Å²) >= 11 is 1.86. The SMILES string of the molecule is CC(C)NCCC(C)c1cccc2ccsc12. The molecular formula is C15H21NS. The van der Waals surface area contributed by atoms with Gasteiger partial charge in [0.2, 0.25) is 0 Å². The standard InChI is InChI=1S/C15H21NS/c1-11(2)16-9-7-12(3)14-6-4-5-13-8-10-17-15(13)14/h4-6,8,10-12,16H,7,9H2,1-3H3. The van der Waals surface area contributed by atoms with Crippen molar-refractivity contribution in [2.75, 3.05) is 6.54 Å². The van der Waals surface area contributed by atoms with E-state index in [9.17, 15) is 0 Å². The van der Waals surface area contributed by atoms with Crippen LogP contribution >= 0.6 is 11.3 Å². The van der Waals surface area contributed by atoms with Gasteiger partial charge >= 0.3 is 0 Å². The van der Waals surface area contributed by atoms with E-state index >= 15 is 0 Å². The first-order valence-electron chi connectivity index (χ1n) is 6.38. The molecule has 2 aromatic rings. The summed E-state index contributed by atoms with van der Waals surface area (Å²) in [5, 5.41) is 7.06. The Hall–Kier alpha value is -0.860. The molecule has 0 aliphatic heterocycles. The third-order valence-electron chi connectivity index (χ3n) is 3.17. The van der Waals surface area contributed by atoms with E-state index in [0.29, 0.717) is 12.0 Å². The van der Waals surface area contributed by atoms with Gasteiger partial charge in [-0.05, 0) is 41.3 Å². The van der Waals surface area contributed by atoms with Crippen molar-refractivity contribution < 1.29 is 0 Å². The molecule has 17 heavy (non-hydrogen) atoms. The molecule has 0 amide bonds. The number of rotatable bonds is 5. The van der Waals surface area contributed by atoms with Crippen molar-refractivity contribution in [3.8, 4) is 0 Å². The van der Waals surface area contributed by atoms with Gasteiger partial charge in [0.15, 0.2) is 0 Å². The molecule has 2 heteroatoms. The van der Waals surface area contributed by atoms with E-state index in [0.717, 1.165) is 6.54 Å². The van der Waals surface area contributed by atoms with Gasteiger partial charge in [-0.25, -0.2) is 0 Å². The highest BCUT2D eigenvalue weighted by atomic mass is 32.1. The molecule has 0 bridgehead atoms. The van der Waals surface area contributed by atoms with Crippen molar-refractivity contribution in [3.63, 3.8) is 0 Å². The van der Waals surface area contributed by atoms with E-state index in [1.807, 2.05) is 11.3 Å². The third kappa shape index (κ3) is 3.08. The summed E-state index contributed by atoms with van der Waals surface area (Å²) < 4.78 is 1.46. The Bertz CT molecular complexity index is 472. The Kier molecular flexibility index (Phi) is 4.19. The molecule has 92 valence electrons. The van der Waals surface area contributed by atoms with E-state index in [1.54, 1.807) is 0 Å². The number of benzene rings is 1. The van der Waals surface area contributed by atoms with E-state index in [1.165, 1.54) is 22.1 Å². The zero-order valence-corrected chi connectivity index (χ0v) is 11.7. The fourth-order valence-electron chi connectivity index (χ4n) is 2.15. The van der Waals surface area contributed by atoms with E-state index in [2.05, 4.69) is 55.7 Å². The summed E-state index contributed by atoms with van der Waals surface area (Å²) in [6.45, 7) is 7.83. The molecule has 0 aliphatic rings. The van der Waals surface area contributed by atoms with Crippen molar-refractivity contribution >= 4 is 21.4 Å². The van der Waals surface area contributed by atoms with E-state index < -0.39 is 0 Å². The van der Waals surface area contributed by atoms with Gasteiger partial charge < -0.3 is 5.32 Å². The molecule has 1 unspecified atom stereocenters. The summed E-state index contributed by atoms with van der Waals surface area (Å²) in [6, 6.07) is 9.45.